The third-order valence-corrected chi connectivity index (χ3v) is 8.38. The SMILES string of the molecule is c1ccc(-n2c3ccc4ccccc4c3c3cccc(-c4ccc5c6c(cccc46)-c4ccccc4O5)c32)cc1. The Morgan fingerprint density at radius 1 is 0.400 bits per heavy atom. The topological polar surface area (TPSA) is 14.2 Å². The minimum Gasteiger partial charge on any atom is -0.456 e. The second-order valence-corrected chi connectivity index (χ2v) is 10.5. The normalized spacial score (nSPS) is 12.2. The molecule has 0 atom stereocenters. The number of rotatable bonds is 2. The van der Waals surface area contributed by atoms with Crippen LogP contribution in [0.25, 0.3) is 71.3 Å². The van der Waals surface area contributed by atoms with Crippen LogP contribution < -0.4 is 4.74 Å². The van der Waals surface area contributed by atoms with E-state index >= 15 is 0 Å². The van der Waals surface area contributed by atoms with Gasteiger partial charge in [0.05, 0.1) is 11.0 Å². The van der Waals surface area contributed by atoms with Crippen molar-refractivity contribution in [3.05, 3.63) is 140 Å². The third-order valence-electron chi connectivity index (χ3n) is 8.38. The molecule has 0 aliphatic carbocycles. The molecule has 7 aromatic carbocycles. The molecule has 1 aliphatic heterocycles. The first-order valence-electron chi connectivity index (χ1n) is 13.7. The van der Waals surface area contributed by atoms with E-state index in [9.17, 15) is 0 Å². The molecule has 40 heavy (non-hydrogen) atoms. The van der Waals surface area contributed by atoms with Crippen LogP contribution in [0.1, 0.15) is 0 Å². The number of hydrogen-bond donors (Lipinski definition) is 0. The lowest BCUT2D eigenvalue weighted by Crippen LogP contribution is -1.98. The van der Waals surface area contributed by atoms with Gasteiger partial charge in [-0.1, -0.05) is 103 Å². The fourth-order valence-electron chi connectivity index (χ4n) is 6.71. The van der Waals surface area contributed by atoms with E-state index in [0.717, 1.165) is 22.7 Å². The van der Waals surface area contributed by atoms with Crippen LogP contribution in [0.4, 0.5) is 0 Å². The van der Waals surface area contributed by atoms with Crippen LogP contribution >= 0.6 is 0 Å². The molecule has 2 nitrogen and oxygen atoms in total. The fraction of sp³-hybridized carbons (Fsp3) is 0. The Kier molecular flexibility index (Phi) is 4.36. The molecule has 1 aliphatic rings. The van der Waals surface area contributed by atoms with Gasteiger partial charge in [-0.2, -0.15) is 0 Å². The predicted octanol–water partition coefficient (Wildman–Crippen LogP) is 10.5. The molecule has 0 bridgehead atoms. The summed E-state index contributed by atoms with van der Waals surface area (Å²) in [5.74, 6) is 1.82. The summed E-state index contributed by atoms with van der Waals surface area (Å²) >= 11 is 0. The van der Waals surface area contributed by atoms with Gasteiger partial charge in [-0.05, 0) is 63.7 Å². The summed E-state index contributed by atoms with van der Waals surface area (Å²) in [4.78, 5) is 0. The molecule has 2 heterocycles. The second-order valence-electron chi connectivity index (χ2n) is 10.5. The average molecular weight is 510 g/mol. The van der Waals surface area contributed by atoms with Crippen molar-refractivity contribution in [3.8, 4) is 39.4 Å². The molecule has 1 aromatic heterocycles. The summed E-state index contributed by atoms with van der Waals surface area (Å²) in [5.41, 5.74) is 8.37. The standard InChI is InChI=1S/C38H23NO/c1-2-11-25(12-3-1)39-33-22-20-24-10-4-5-13-26(24)36(33)32-18-9-17-31(38(32)39)27-21-23-35-37-29(27)15-8-16-30(37)28-14-6-7-19-34(28)40-35/h1-23H. The summed E-state index contributed by atoms with van der Waals surface area (Å²) < 4.78 is 8.85. The Morgan fingerprint density at radius 2 is 1.12 bits per heavy atom. The maximum Gasteiger partial charge on any atom is 0.135 e. The quantitative estimate of drug-likeness (QED) is 0.226. The van der Waals surface area contributed by atoms with Crippen molar-refractivity contribution in [2.24, 2.45) is 0 Å². The van der Waals surface area contributed by atoms with Crippen LogP contribution in [0.3, 0.4) is 0 Å². The van der Waals surface area contributed by atoms with E-state index in [-0.39, 0.29) is 0 Å². The number of aromatic nitrogens is 1. The highest BCUT2D eigenvalue weighted by Crippen LogP contribution is 2.50. The molecule has 2 heteroatoms. The van der Waals surface area contributed by atoms with Crippen molar-refractivity contribution in [2.75, 3.05) is 0 Å². The van der Waals surface area contributed by atoms with E-state index < -0.39 is 0 Å². The molecule has 9 rings (SSSR count). The van der Waals surface area contributed by atoms with Crippen molar-refractivity contribution in [3.63, 3.8) is 0 Å². The highest BCUT2D eigenvalue weighted by molar-refractivity contribution is 6.24. The maximum atomic E-state index is 6.41. The summed E-state index contributed by atoms with van der Waals surface area (Å²) in [6, 6.07) is 50.0. The van der Waals surface area contributed by atoms with Crippen LogP contribution in [0.15, 0.2) is 140 Å². The molecule has 0 spiro atoms. The van der Waals surface area contributed by atoms with Crippen molar-refractivity contribution in [1.82, 2.24) is 4.57 Å². The molecule has 0 saturated carbocycles. The number of para-hydroxylation sites is 3. The van der Waals surface area contributed by atoms with E-state index in [2.05, 4.69) is 132 Å². The van der Waals surface area contributed by atoms with E-state index in [0.29, 0.717) is 0 Å². The smallest absolute Gasteiger partial charge is 0.135 e. The molecule has 8 aromatic rings. The van der Waals surface area contributed by atoms with Gasteiger partial charge < -0.3 is 9.30 Å². The van der Waals surface area contributed by atoms with Crippen LogP contribution in [0, 0.1) is 0 Å². The minimum atomic E-state index is 0.911. The Hall–Kier alpha value is -5.34. The van der Waals surface area contributed by atoms with Gasteiger partial charge in [0.25, 0.3) is 0 Å². The zero-order valence-corrected chi connectivity index (χ0v) is 21.6. The molecule has 0 saturated heterocycles. The number of ether oxygens (including phenoxy) is 1. The Morgan fingerprint density at radius 3 is 2.05 bits per heavy atom. The Labute approximate surface area is 231 Å². The summed E-state index contributed by atoms with van der Waals surface area (Å²) in [6.07, 6.45) is 0. The fourth-order valence-corrected chi connectivity index (χ4v) is 6.71. The predicted molar refractivity (Wildman–Crippen MR) is 167 cm³/mol. The van der Waals surface area contributed by atoms with Crippen LogP contribution in [-0.2, 0) is 0 Å². The molecule has 0 radical (unpaired) electrons. The van der Waals surface area contributed by atoms with Gasteiger partial charge in [-0.25, -0.2) is 0 Å². The molecule has 0 fully saturated rings. The monoisotopic (exact) mass is 509 g/mol. The largest absolute Gasteiger partial charge is 0.456 e. The highest BCUT2D eigenvalue weighted by atomic mass is 16.5. The Balaban J connectivity index is 1.44. The number of nitrogens with zero attached hydrogens (tertiary/aromatic N) is 1. The van der Waals surface area contributed by atoms with E-state index in [1.165, 1.54) is 60.0 Å². The van der Waals surface area contributed by atoms with Gasteiger partial charge in [0.2, 0.25) is 0 Å². The van der Waals surface area contributed by atoms with Gasteiger partial charge in [0.1, 0.15) is 11.5 Å². The molecular weight excluding hydrogens is 486 g/mol. The summed E-state index contributed by atoms with van der Waals surface area (Å²) in [5, 5.41) is 7.45. The lowest BCUT2D eigenvalue weighted by molar-refractivity contribution is 0.487. The highest BCUT2D eigenvalue weighted by Gasteiger charge is 2.23. The molecule has 0 unspecified atom stereocenters. The van der Waals surface area contributed by atoms with Gasteiger partial charge >= 0.3 is 0 Å². The van der Waals surface area contributed by atoms with E-state index in [1.807, 2.05) is 12.1 Å². The maximum absolute atomic E-state index is 6.41. The van der Waals surface area contributed by atoms with Crippen LogP contribution in [0.5, 0.6) is 11.5 Å². The first-order valence-corrected chi connectivity index (χ1v) is 13.7. The summed E-state index contributed by atoms with van der Waals surface area (Å²) in [7, 11) is 0. The first kappa shape index (κ1) is 21.6. The van der Waals surface area contributed by atoms with Gasteiger partial charge in [-0.15, -0.1) is 0 Å². The van der Waals surface area contributed by atoms with Gasteiger partial charge in [0.15, 0.2) is 0 Å². The second kappa shape index (κ2) is 8.08. The van der Waals surface area contributed by atoms with Crippen molar-refractivity contribution >= 4 is 43.4 Å². The van der Waals surface area contributed by atoms with Crippen LogP contribution in [0.2, 0.25) is 0 Å². The minimum absolute atomic E-state index is 0.911. The average Bonchev–Trinajstić information content (AvgIpc) is 3.37. The number of hydrogen-bond acceptors (Lipinski definition) is 1. The van der Waals surface area contributed by atoms with Crippen molar-refractivity contribution in [2.45, 2.75) is 0 Å². The van der Waals surface area contributed by atoms with Crippen molar-refractivity contribution < 1.29 is 4.74 Å². The summed E-state index contributed by atoms with van der Waals surface area (Å²) in [6.45, 7) is 0. The van der Waals surface area contributed by atoms with Gasteiger partial charge in [-0.3, -0.25) is 0 Å². The van der Waals surface area contributed by atoms with Crippen LogP contribution in [-0.4, -0.2) is 4.57 Å². The third kappa shape index (κ3) is 2.88. The lowest BCUT2D eigenvalue weighted by atomic mass is 9.90. The number of benzene rings is 7. The number of fused-ring (bicyclic) bond motifs is 7. The molecular formula is C38H23NO. The van der Waals surface area contributed by atoms with Crippen molar-refractivity contribution in [1.29, 1.82) is 0 Å². The zero-order valence-electron chi connectivity index (χ0n) is 21.6. The zero-order chi connectivity index (χ0) is 26.2. The van der Waals surface area contributed by atoms with E-state index in [1.54, 1.807) is 0 Å². The lowest BCUT2D eigenvalue weighted by Gasteiger charge is -2.22. The first-order chi connectivity index (χ1) is 19.9. The Bertz CT molecular complexity index is 2290. The molecule has 0 N–H and O–H groups in total. The molecule has 0 amide bonds. The van der Waals surface area contributed by atoms with Gasteiger partial charge in [0, 0.05) is 33.0 Å². The molecule has 186 valence electrons. The van der Waals surface area contributed by atoms with E-state index in [4.69, 9.17) is 4.74 Å².